The highest BCUT2D eigenvalue weighted by atomic mass is 32.1. The van der Waals surface area contributed by atoms with E-state index in [1.165, 1.54) is 30.9 Å². The molecule has 0 amide bonds. The van der Waals surface area contributed by atoms with Gasteiger partial charge in [0.15, 0.2) is 5.82 Å². The molecule has 1 atom stereocenters. The molecule has 1 aliphatic rings. The Labute approximate surface area is 223 Å². The van der Waals surface area contributed by atoms with Gasteiger partial charge in [0.25, 0.3) is 0 Å². The van der Waals surface area contributed by atoms with Crippen molar-refractivity contribution in [3.63, 3.8) is 0 Å². The fourth-order valence-corrected chi connectivity index (χ4v) is 6.81. The number of para-hydroxylation sites is 1. The number of benzene rings is 4. The van der Waals surface area contributed by atoms with Crippen LogP contribution in [0.3, 0.4) is 0 Å². The van der Waals surface area contributed by atoms with Gasteiger partial charge in [0.1, 0.15) is 5.82 Å². The molecule has 4 nitrogen and oxygen atoms in total. The van der Waals surface area contributed by atoms with Crippen LogP contribution in [0.25, 0.3) is 59.3 Å². The van der Waals surface area contributed by atoms with Crippen LogP contribution in [-0.2, 0) is 0 Å². The second-order valence-corrected chi connectivity index (χ2v) is 10.7. The fourth-order valence-electron chi connectivity index (χ4n) is 5.57. The van der Waals surface area contributed by atoms with Crippen LogP contribution >= 0.6 is 11.3 Å². The van der Waals surface area contributed by atoms with Crippen molar-refractivity contribution in [1.29, 1.82) is 0 Å². The molecule has 0 saturated heterocycles. The van der Waals surface area contributed by atoms with E-state index in [4.69, 9.17) is 15.0 Å². The number of aromatic nitrogens is 4. The summed E-state index contributed by atoms with van der Waals surface area (Å²) in [5.41, 5.74) is 3.24. The molecule has 8 rings (SSSR count). The largest absolute Gasteiger partial charge is 0.276 e. The van der Waals surface area contributed by atoms with Crippen LogP contribution in [0, 0.1) is 0 Å². The van der Waals surface area contributed by atoms with E-state index in [1.54, 1.807) is 0 Å². The zero-order chi connectivity index (χ0) is 25.1. The Bertz CT molecular complexity index is 2060. The molecule has 0 N–H and O–H groups in total. The van der Waals surface area contributed by atoms with Gasteiger partial charge in [0.05, 0.1) is 15.7 Å². The molecule has 7 aromatic rings. The minimum atomic E-state index is 0.113. The monoisotopic (exact) mass is 506 g/mol. The van der Waals surface area contributed by atoms with Gasteiger partial charge in [0.2, 0.25) is 5.95 Å². The average molecular weight is 507 g/mol. The number of allylic oxidation sites excluding steroid dienone is 4. The lowest BCUT2D eigenvalue weighted by Crippen LogP contribution is -2.11. The third-order valence-corrected chi connectivity index (χ3v) is 8.56. The first-order valence-corrected chi connectivity index (χ1v) is 13.7. The predicted molar refractivity (Wildman–Crippen MR) is 158 cm³/mol. The van der Waals surface area contributed by atoms with Crippen molar-refractivity contribution >= 4 is 53.3 Å². The average Bonchev–Trinajstić information content (AvgIpc) is 3.54. The van der Waals surface area contributed by atoms with Gasteiger partial charge in [-0.3, -0.25) is 4.57 Å². The Morgan fingerprint density at radius 1 is 0.684 bits per heavy atom. The molecule has 0 fully saturated rings. The van der Waals surface area contributed by atoms with Crippen LogP contribution < -0.4 is 0 Å². The van der Waals surface area contributed by atoms with Crippen molar-refractivity contribution < 1.29 is 0 Å². The molecule has 0 radical (unpaired) electrons. The smallest absolute Gasteiger partial charge is 0.238 e. The molecule has 5 heteroatoms. The highest BCUT2D eigenvalue weighted by Gasteiger charge is 2.22. The molecule has 0 saturated carbocycles. The third-order valence-electron chi connectivity index (χ3n) is 7.36. The van der Waals surface area contributed by atoms with Gasteiger partial charge < -0.3 is 0 Å². The van der Waals surface area contributed by atoms with Gasteiger partial charge in [-0.1, -0.05) is 103 Å². The molecule has 0 spiro atoms. The van der Waals surface area contributed by atoms with Gasteiger partial charge in [-0.05, 0) is 18.6 Å². The van der Waals surface area contributed by atoms with E-state index in [0.717, 1.165) is 28.8 Å². The lowest BCUT2D eigenvalue weighted by Gasteiger charge is -2.15. The molecule has 0 bridgehead atoms. The van der Waals surface area contributed by atoms with Crippen LogP contribution in [0.5, 0.6) is 0 Å². The van der Waals surface area contributed by atoms with E-state index in [0.29, 0.717) is 11.8 Å². The lowest BCUT2D eigenvalue weighted by atomic mass is 10.00. The first-order valence-electron chi connectivity index (χ1n) is 12.8. The maximum absolute atomic E-state index is 5.15. The maximum atomic E-state index is 5.15. The van der Waals surface area contributed by atoms with Crippen molar-refractivity contribution in [2.75, 3.05) is 0 Å². The van der Waals surface area contributed by atoms with E-state index >= 15 is 0 Å². The summed E-state index contributed by atoms with van der Waals surface area (Å²) in [4.78, 5) is 15.2. The number of rotatable bonds is 3. The number of fused-ring (bicyclic) bond motifs is 7. The molecule has 4 aromatic carbocycles. The Hall–Kier alpha value is -4.61. The fraction of sp³-hybridized carbons (Fsp3) is 0.0606. The molecule has 38 heavy (non-hydrogen) atoms. The van der Waals surface area contributed by atoms with Crippen LogP contribution in [0.15, 0.2) is 115 Å². The van der Waals surface area contributed by atoms with E-state index in [-0.39, 0.29) is 5.92 Å². The lowest BCUT2D eigenvalue weighted by molar-refractivity contribution is 0.750. The van der Waals surface area contributed by atoms with Crippen molar-refractivity contribution in [1.82, 2.24) is 19.5 Å². The summed E-state index contributed by atoms with van der Waals surface area (Å²) in [5.74, 6) is 2.27. The van der Waals surface area contributed by atoms with E-state index in [1.807, 2.05) is 29.5 Å². The van der Waals surface area contributed by atoms with Crippen molar-refractivity contribution in [2.45, 2.75) is 12.3 Å². The van der Waals surface area contributed by atoms with Gasteiger partial charge >= 0.3 is 0 Å². The van der Waals surface area contributed by atoms with E-state index in [2.05, 4.69) is 102 Å². The van der Waals surface area contributed by atoms with Crippen LogP contribution in [-0.4, -0.2) is 19.5 Å². The molecule has 1 unspecified atom stereocenters. The van der Waals surface area contributed by atoms with Gasteiger partial charge in [-0.15, -0.1) is 11.3 Å². The van der Waals surface area contributed by atoms with Gasteiger partial charge in [-0.25, -0.2) is 4.98 Å². The number of thiophene rings is 1. The minimum Gasteiger partial charge on any atom is -0.276 e. The molecule has 1 aliphatic carbocycles. The first-order chi connectivity index (χ1) is 18.8. The number of nitrogens with zero attached hydrogens (tertiary/aromatic N) is 4. The Kier molecular flexibility index (Phi) is 4.79. The molecule has 0 aliphatic heterocycles. The molecule has 3 heterocycles. The predicted octanol–water partition coefficient (Wildman–Crippen LogP) is 8.60. The standard InChI is InChI=1S/C33H22N4S/c1-3-11-21(12-4-1)31-34-32(22-13-5-2-6-14-22)36-33(35-31)37-27-17-9-7-15-23(27)25-19-20-26-24-16-8-10-18-28(24)38-30(26)29(25)37/h1-13,15-20,22H,14H2. The Morgan fingerprint density at radius 3 is 2.34 bits per heavy atom. The second-order valence-electron chi connectivity index (χ2n) is 9.63. The summed E-state index contributed by atoms with van der Waals surface area (Å²) in [6.07, 6.45) is 9.41. The van der Waals surface area contributed by atoms with Crippen LogP contribution in [0.1, 0.15) is 18.2 Å². The van der Waals surface area contributed by atoms with E-state index in [9.17, 15) is 0 Å². The highest BCUT2D eigenvalue weighted by molar-refractivity contribution is 7.26. The Morgan fingerprint density at radius 2 is 1.47 bits per heavy atom. The summed E-state index contributed by atoms with van der Waals surface area (Å²) in [6.45, 7) is 0. The topological polar surface area (TPSA) is 43.6 Å². The highest BCUT2D eigenvalue weighted by Crippen LogP contribution is 2.42. The maximum Gasteiger partial charge on any atom is 0.238 e. The SMILES string of the molecule is C1=CCC(c2nc(-c3ccccc3)nc(-n3c4ccccc4c4ccc5c6ccccc6sc5c43)n2)C=C1. The molecular formula is C33H22N4S. The zero-order valence-corrected chi connectivity index (χ0v) is 21.3. The molecular weight excluding hydrogens is 484 g/mol. The first kappa shape index (κ1) is 21.5. The summed E-state index contributed by atoms with van der Waals surface area (Å²) >= 11 is 1.84. The number of hydrogen-bond acceptors (Lipinski definition) is 4. The molecule has 3 aromatic heterocycles. The normalized spacial score (nSPS) is 15.3. The van der Waals surface area contributed by atoms with Gasteiger partial charge in [0, 0.05) is 37.7 Å². The van der Waals surface area contributed by atoms with Crippen molar-refractivity contribution in [3.8, 4) is 17.3 Å². The Balaban J connectivity index is 1.50. The number of hydrogen-bond donors (Lipinski definition) is 0. The van der Waals surface area contributed by atoms with Crippen LogP contribution in [0.2, 0.25) is 0 Å². The van der Waals surface area contributed by atoms with Crippen molar-refractivity contribution in [3.05, 3.63) is 121 Å². The minimum absolute atomic E-state index is 0.113. The summed E-state index contributed by atoms with van der Waals surface area (Å²) in [7, 11) is 0. The van der Waals surface area contributed by atoms with Gasteiger partial charge in [-0.2, -0.15) is 9.97 Å². The molecule has 180 valence electrons. The third kappa shape index (κ3) is 3.25. The quantitative estimate of drug-likeness (QED) is 0.241. The van der Waals surface area contributed by atoms with Crippen molar-refractivity contribution in [2.24, 2.45) is 0 Å². The van der Waals surface area contributed by atoms with E-state index < -0.39 is 0 Å². The zero-order valence-electron chi connectivity index (χ0n) is 20.5. The van der Waals surface area contributed by atoms with Crippen LogP contribution in [0.4, 0.5) is 0 Å². The summed E-state index contributed by atoms with van der Waals surface area (Å²) in [6, 6.07) is 31.9. The second kappa shape index (κ2) is 8.47. The summed E-state index contributed by atoms with van der Waals surface area (Å²) in [5, 5.41) is 4.96. The summed E-state index contributed by atoms with van der Waals surface area (Å²) < 4.78 is 4.79.